The number of hydrogen-bond donors (Lipinski definition) is 0. The van der Waals surface area contributed by atoms with E-state index in [0.717, 1.165) is 48.9 Å². The Morgan fingerprint density at radius 3 is 2.29 bits per heavy atom. The summed E-state index contributed by atoms with van der Waals surface area (Å²) in [6.45, 7) is 1.97. The van der Waals surface area contributed by atoms with E-state index in [2.05, 4.69) is 0 Å². The third-order valence-corrected chi connectivity index (χ3v) is 6.29. The van der Waals surface area contributed by atoms with Gasteiger partial charge in [-0.2, -0.15) is 0 Å². The zero-order valence-electron chi connectivity index (χ0n) is 20.2. The Balaban J connectivity index is 1.54. The van der Waals surface area contributed by atoms with Crippen LogP contribution in [0.2, 0.25) is 0 Å². The average molecular weight is 391 g/mol. The molecule has 0 bridgehead atoms. The molecule has 2 aliphatic carbocycles. The van der Waals surface area contributed by atoms with Crippen LogP contribution in [-0.2, 0) is 12.8 Å². The quantitative estimate of drug-likeness (QED) is 0.475. The summed E-state index contributed by atoms with van der Waals surface area (Å²) in [5, 5.41) is 0. The van der Waals surface area contributed by atoms with Crippen molar-refractivity contribution in [2.75, 3.05) is 0 Å². The highest BCUT2D eigenvalue weighted by Gasteiger charge is 2.30. The van der Waals surface area contributed by atoms with E-state index in [0.29, 0.717) is 30.4 Å². The average Bonchev–Trinajstić information content (AvgIpc) is 2.73. The molecule has 28 heavy (non-hydrogen) atoms. The first kappa shape index (κ1) is 15.1. The van der Waals surface area contributed by atoms with Crippen molar-refractivity contribution in [1.82, 2.24) is 0 Å². The summed E-state index contributed by atoms with van der Waals surface area (Å²) in [5.74, 6) is -4.25. The summed E-state index contributed by atoms with van der Waals surface area (Å²) in [4.78, 5) is 0. The van der Waals surface area contributed by atoms with E-state index < -0.39 is 36.1 Å². The molecule has 0 aromatic heterocycles. The van der Waals surface area contributed by atoms with Crippen LogP contribution in [0.15, 0.2) is 30.3 Å². The Kier molecular flexibility index (Phi) is 4.49. The summed E-state index contributed by atoms with van der Waals surface area (Å²) in [5.41, 5.74) is 3.12. The van der Waals surface area contributed by atoms with Gasteiger partial charge in [0.25, 0.3) is 0 Å². The number of benzene rings is 2. The zero-order valence-corrected chi connectivity index (χ0v) is 16.2. The lowest BCUT2D eigenvalue weighted by Gasteiger charge is -2.36. The van der Waals surface area contributed by atoms with E-state index >= 15 is 0 Å². The second-order valence-electron chi connectivity index (χ2n) is 8.16. The monoisotopic (exact) mass is 390 g/mol. The van der Waals surface area contributed by atoms with E-state index in [4.69, 9.17) is 5.48 Å². The largest absolute Gasteiger partial charge is 0.204 e. The third kappa shape index (κ3) is 3.99. The molecule has 0 heterocycles. The van der Waals surface area contributed by atoms with Gasteiger partial charge in [0.2, 0.25) is 0 Å². The maximum Gasteiger partial charge on any atom is 0.194 e. The topological polar surface area (TPSA) is 0 Å². The third-order valence-electron chi connectivity index (χ3n) is 6.29. The van der Waals surface area contributed by atoms with Gasteiger partial charge >= 0.3 is 0 Å². The van der Waals surface area contributed by atoms with Gasteiger partial charge < -0.3 is 0 Å². The van der Waals surface area contributed by atoms with Crippen LogP contribution in [0, 0.1) is 35.2 Å². The Hall–Kier alpha value is -1.77. The van der Waals surface area contributed by atoms with Crippen LogP contribution in [0.4, 0.5) is 13.2 Å². The number of halogens is 3. The molecule has 0 nitrogen and oxygen atoms in total. The fourth-order valence-electron chi connectivity index (χ4n) is 4.65. The van der Waals surface area contributed by atoms with Crippen molar-refractivity contribution in [3.05, 3.63) is 58.9 Å². The van der Waals surface area contributed by atoms with Crippen molar-refractivity contribution in [2.24, 2.45) is 17.8 Å². The smallest absolute Gasteiger partial charge is 0.194 e. The predicted molar refractivity (Wildman–Crippen MR) is 108 cm³/mol. The van der Waals surface area contributed by atoms with E-state index in [1.54, 1.807) is 6.07 Å². The highest BCUT2D eigenvalue weighted by atomic mass is 19.2. The normalized spacial score (nSPS) is 30.5. The molecule has 0 saturated heterocycles. The summed E-state index contributed by atoms with van der Waals surface area (Å²) < 4.78 is 74.8. The van der Waals surface area contributed by atoms with Crippen LogP contribution >= 0.6 is 0 Å². The summed E-state index contributed by atoms with van der Waals surface area (Å²) >= 11 is 0. The fourth-order valence-corrected chi connectivity index (χ4v) is 4.65. The molecule has 3 heteroatoms. The van der Waals surface area contributed by atoms with Crippen molar-refractivity contribution in [3.63, 3.8) is 0 Å². The number of hydrogen-bond acceptors (Lipinski definition) is 0. The van der Waals surface area contributed by atoms with Crippen molar-refractivity contribution in [1.29, 1.82) is 0 Å². The van der Waals surface area contributed by atoms with Gasteiger partial charge in [-0.3, -0.25) is 0 Å². The minimum absolute atomic E-state index is 0.0128. The SMILES string of the molecule is [2H]C1([2H])CC(C2CCc3cc(-c4cc(F)c(F)c(F)c4)ccc3C2)CC([2H])([2H])C1CCC. The van der Waals surface area contributed by atoms with Crippen LogP contribution in [0.3, 0.4) is 0 Å². The fraction of sp³-hybridized carbons (Fsp3) is 0.520. The second kappa shape index (κ2) is 8.31. The van der Waals surface area contributed by atoms with E-state index in [1.165, 1.54) is 0 Å². The van der Waals surface area contributed by atoms with Crippen LogP contribution in [0.25, 0.3) is 11.1 Å². The lowest BCUT2D eigenvalue weighted by Crippen LogP contribution is -2.26. The molecule has 0 radical (unpaired) electrons. The molecule has 1 atom stereocenters. The molecule has 1 unspecified atom stereocenters. The molecule has 2 aromatic rings. The summed E-state index contributed by atoms with van der Waals surface area (Å²) in [6.07, 6.45) is 1.43. The van der Waals surface area contributed by atoms with Crippen LogP contribution < -0.4 is 0 Å². The lowest BCUT2D eigenvalue weighted by molar-refractivity contribution is 0.184. The highest BCUT2D eigenvalue weighted by molar-refractivity contribution is 5.65. The first-order chi connectivity index (χ1) is 15.0. The molecule has 0 N–H and O–H groups in total. The molecular formula is C25H29F3. The zero-order chi connectivity index (χ0) is 23.3. The van der Waals surface area contributed by atoms with Crippen LogP contribution in [0.5, 0.6) is 0 Å². The van der Waals surface area contributed by atoms with E-state index in [1.807, 2.05) is 19.1 Å². The van der Waals surface area contributed by atoms with E-state index in [9.17, 15) is 13.2 Å². The molecule has 0 spiro atoms. The molecule has 2 aliphatic rings. The van der Waals surface area contributed by atoms with Gasteiger partial charge in [-0.1, -0.05) is 50.7 Å². The van der Waals surface area contributed by atoms with Crippen molar-refractivity contribution in [2.45, 2.75) is 64.6 Å². The van der Waals surface area contributed by atoms with Gasteiger partial charge in [-0.05, 0) is 84.2 Å². The molecule has 4 rings (SSSR count). The van der Waals surface area contributed by atoms with E-state index in [-0.39, 0.29) is 11.8 Å². The number of fused-ring (bicyclic) bond motifs is 1. The summed E-state index contributed by atoms with van der Waals surface area (Å²) in [6, 6.07) is 7.62. The van der Waals surface area contributed by atoms with Gasteiger partial charge in [0.1, 0.15) is 0 Å². The Bertz CT molecular complexity index is 964. The van der Waals surface area contributed by atoms with Crippen molar-refractivity contribution < 1.29 is 18.7 Å². The van der Waals surface area contributed by atoms with Gasteiger partial charge in [0, 0.05) is 5.48 Å². The molecule has 1 fully saturated rings. The molecule has 150 valence electrons. The maximum atomic E-state index is 13.6. The van der Waals surface area contributed by atoms with Gasteiger partial charge in [0.05, 0.1) is 0 Å². The van der Waals surface area contributed by atoms with Gasteiger partial charge in [-0.15, -0.1) is 0 Å². The van der Waals surface area contributed by atoms with Gasteiger partial charge in [0.15, 0.2) is 17.5 Å². The minimum atomic E-state index is -1.51. The highest BCUT2D eigenvalue weighted by Crippen LogP contribution is 2.41. The lowest BCUT2D eigenvalue weighted by atomic mass is 9.69. The molecular weight excluding hydrogens is 357 g/mol. The van der Waals surface area contributed by atoms with Crippen LogP contribution in [0.1, 0.15) is 68.4 Å². The maximum absolute atomic E-state index is 13.6. The molecule has 0 aliphatic heterocycles. The molecule has 2 aromatic carbocycles. The van der Waals surface area contributed by atoms with Crippen molar-refractivity contribution in [3.8, 4) is 11.1 Å². The molecule has 0 amide bonds. The first-order valence-corrected chi connectivity index (χ1v) is 10.3. The number of rotatable bonds is 4. The Morgan fingerprint density at radius 2 is 1.61 bits per heavy atom. The Labute approximate surface area is 171 Å². The molecule has 1 saturated carbocycles. The second-order valence-corrected chi connectivity index (χ2v) is 8.16. The minimum Gasteiger partial charge on any atom is -0.204 e. The number of aryl methyl sites for hydroxylation is 1. The standard InChI is InChI=1S/C25H29F3/c1-2-3-16-4-6-17(7-5-16)18-8-9-20-13-21(11-10-19(20)12-18)22-14-23(26)25(28)24(27)15-22/h10-11,13-18H,2-9,12H2,1H3/i4D2,5D2. The summed E-state index contributed by atoms with van der Waals surface area (Å²) in [7, 11) is 0. The predicted octanol–water partition coefficient (Wildman–Crippen LogP) is 7.48. The van der Waals surface area contributed by atoms with Gasteiger partial charge in [-0.25, -0.2) is 13.2 Å². The van der Waals surface area contributed by atoms with Crippen molar-refractivity contribution >= 4 is 0 Å². The Morgan fingerprint density at radius 1 is 0.893 bits per heavy atom. The first-order valence-electron chi connectivity index (χ1n) is 12.3. The van der Waals surface area contributed by atoms with Crippen LogP contribution in [-0.4, -0.2) is 0 Å².